The van der Waals surface area contributed by atoms with Crippen LogP contribution in [0.3, 0.4) is 0 Å². The predicted octanol–water partition coefficient (Wildman–Crippen LogP) is 0.142. The topological polar surface area (TPSA) is 91.3 Å². The van der Waals surface area contributed by atoms with Gasteiger partial charge in [0.05, 0.1) is 11.6 Å². The van der Waals surface area contributed by atoms with Gasteiger partial charge in [-0.1, -0.05) is 0 Å². The number of aromatic nitrogens is 1. The fourth-order valence-electron chi connectivity index (χ4n) is 1.39. The Labute approximate surface area is 89.3 Å². The molecule has 0 aromatic carbocycles. The first kappa shape index (κ1) is 9.91. The van der Waals surface area contributed by atoms with Crippen molar-refractivity contribution in [1.29, 1.82) is 0 Å². The molecule has 3 N–H and O–H groups in total. The van der Waals surface area contributed by atoms with Crippen LogP contribution in [0.15, 0.2) is 5.51 Å². The van der Waals surface area contributed by atoms with Crippen LogP contribution in [0, 0.1) is 0 Å². The van der Waals surface area contributed by atoms with Crippen molar-refractivity contribution in [2.24, 2.45) is 0 Å². The highest BCUT2D eigenvalue weighted by molar-refractivity contribution is 7.14. The number of rotatable bonds is 3. The molecule has 0 saturated carbocycles. The minimum absolute atomic E-state index is 0.0133. The third kappa shape index (κ3) is 2.07. The molecular formula is C8H9N3O3S. The van der Waals surface area contributed by atoms with Gasteiger partial charge in [0.2, 0.25) is 5.91 Å². The molecule has 0 spiro atoms. The SMILES string of the molecule is O=C1CC(Nc2scnc2C(=O)O)CN1. The second-order valence-electron chi connectivity index (χ2n) is 3.18. The average molecular weight is 227 g/mol. The molecule has 1 saturated heterocycles. The van der Waals surface area contributed by atoms with Crippen LogP contribution >= 0.6 is 11.3 Å². The number of thiazole rings is 1. The van der Waals surface area contributed by atoms with Crippen molar-refractivity contribution in [1.82, 2.24) is 10.3 Å². The highest BCUT2D eigenvalue weighted by Crippen LogP contribution is 2.22. The molecule has 15 heavy (non-hydrogen) atoms. The normalized spacial score (nSPS) is 20.0. The summed E-state index contributed by atoms with van der Waals surface area (Å²) in [4.78, 5) is 25.4. The highest BCUT2D eigenvalue weighted by Gasteiger charge is 2.23. The van der Waals surface area contributed by atoms with Gasteiger partial charge in [-0.05, 0) is 0 Å². The molecule has 2 heterocycles. The fraction of sp³-hybridized carbons (Fsp3) is 0.375. The van der Waals surface area contributed by atoms with E-state index in [9.17, 15) is 9.59 Å². The van der Waals surface area contributed by atoms with E-state index in [-0.39, 0.29) is 17.6 Å². The van der Waals surface area contributed by atoms with Crippen LogP contribution in [0.1, 0.15) is 16.9 Å². The van der Waals surface area contributed by atoms with E-state index in [4.69, 9.17) is 5.11 Å². The van der Waals surface area contributed by atoms with Gasteiger partial charge in [0, 0.05) is 13.0 Å². The number of nitrogens with one attached hydrogen (secondary N) is 2. The summed E-state index contributed by atoms with van der Waals surface area (Å²) in [6, 6.07) is -0.0453. The first-order valence-corrected chi connectivity index (χ1v) is 5.25. The molecule has 1 aliphatic rings. The second-order valence-corrected chi connectivity index (χ2v) is 4.04. The summed E-state index contributed by atoms with van der Waals surface area (Å²) in [6.45, 7) is 0.524. The molecule has 6 nitrogen and oxygen atoms in total. The Morgan fingerprint density at radius 3 is 3.13 bits per heavy atom. The lowest BCUT2D eigenvalue weighted by Gasteiger charge is -2.09. The lowest BCUT2D eigenvalue weighted by molar-refractivity contribution is -0.119. The van der Waals surface area contributed by atoms with Gasteiger partial charge >= 0.3 is 5.97 Å². The van der Waals surface area contributed by atoms with Crippen LogP contribution in [0.25, 0.3) is 0 Å². The van der Waals surface area contributed by atoms with Crippen LogP contribution < -0.4 is 10.6 Å². The highest BCUT2D eigenvalue weighted by atomic mass is 32.1. The number of hydrogen-bond acceptors (Lipinski definition) is 5. The summed E-state index contributed by atoms with van der Waals surface area (Å²) in [5, 5.41) is 15.0. The maximum Gasteiger partial charge on any atom is 0.357 e. The zero-order chi connectivity index (χ0) is 10.8. The lowest BCUT2D eigenvalue weighted by atomic mass is 10.2. The molecule has 1 amide bonds. The third-order valence-electron chi connectivity index (χ3n) is 2.08. The summed E-state index contributed by atoms with van der Waals surface area (Å²) < 4.78 is 0. The summed E-state index contributed by atoms with van der Waals surface area (Å²) >= 11 is 1.22. The zero-order valence-electron chi connectivity index (χ0n) is 7.69. The van der Waals surface area contributed by atoms with E-state index in [1.54, 1.807) is 0 Å². The first-order valence-electron chi connectivity index (χ1n) is 4.37. The van der Waals surface area contributed by atoms with Gasteiger partial charge in [0.25, 0.3) is 0 Å². The van der Waals surface area contributed by atoms with E-state index in [1.807, 2.05) is 0 Å². The van der Waals surface area contributed by atoms with Gasteiger partial charge in [-0.2, -0.15) is 0 Å². The standard InChI is InChI=1S/C8H9N3O3S/c12-5-1-4(2-9-5)11-7-6(8(13)14)10-3-15-7/h3-4,11H,1-2H2,(H,9,12)(H,13,14). The molecule has 1 aromatic rings. The van der Waals surface area contributed by atoms with Crippen molar-refractivity contribution in [3.63, 3.8) is 0 Å². The van der Waals surface area contributed by atoms with Crippen LogP contribution in [0.4, 0.5) is 5.00 Å². The van der Waals surface area contributed by atoms with Crippen LogP contribution in [0.2, 0.25) is 0 Å². The Morgan fingerprint density at radius 1 is 1.73 bits per heavy atom. The van der Waals surface area contributed by atoms with Gasteiger partial charge in [0.15, 0.2) is 5.69 Å². The number of amides is 1. The second kappa shape index (κ2) is 3.85. The van der Waals surface area contributed by atoms with Gasteiger partial charge < -0.3 is 15.7 Å². The maximum absolute atomic E-state index is 10.9. The summed E-state index contributed by atoms with van der Waals surface area (Å²) in [5.41, 5.74) is 1.48. The van der Waals surface area contributed by atoms with Crippen molar-refractivity contribution in [2.75, 3.05) is 11.9 Å². The minimum atomic E-state index is -1.06. The van der Waals surface area contributed by atoms with E-state index in [0.29, 0.717) is 18.0 Å². The molecule has 1 aromatic heterocycles. The van der Waals surface area contributed by atoms with Gasteiger partial charge in [-0.3, -0.25) is 4.79 Å². The van der Waals surface area contributed by atoms with Crippen LogP contribution in [0.5, 0.6) is 0 Å². The van der Waals surface area contributed by atoms with Crippen molar-refractivity contribution in [3.8, 4) is 0 Å². The molecule has 1 aliphatic heterocycles. The molecule has 7 heteroatoms. The maximum atomic E-state index is 10.9. The van der Waals surface area contributed by atoms with Gasteiger partial charge in [-0.25, -0.2) is 9.78 Å². The third-order valence-corrected chi connectivity index (χ3v) is 2.84. The molecule has 1 unspecified atom stereocenters. The van der Waals surface area contributed by atoms with E-state index >= 15 is 0 Å². The molecule has 1 atom stereocenters. The number of aromatic carboxylic acids is 1. The van der Waals surface area contributed by atoms with Crippen molar-refractivity contribution >= 4 is 28.2 Å². The zero-order valence-corrected chi connectivity index (χ0v) is 8.50. The molecule has 0 aliphatic carbocycles. The van der Waals surface area contributed by atoms with Crippen molar-refractivity contribution in [3.05, 3.63) is 11.2 Å². The fourth-order valence-corrected chi connectivity index (χ4v) is 2.14. The molecule has 0 radical (unpaired) electrons. The number of carboxylic acid groups (broad SMARTS) is 1. The predicted molar refractivity (Wildman–Crippen MR) is 54.1 cm³/mol. The van der Waals surface area contributed by atoms with E-state index in [0.717, 1.165) is 0 Å². The number of hydrogen-bond donors (Lipinski definition) is 3. The van der Waals surface area contributed by atoms with Crippen molar-refractivity contribution < 1.29 is 14.7 Å². The Morgan fingerprint density at radius 2 is 2.53 bits per heavy atom. The molecule has 0 bridgehead atoms. The molecule has 1 fully saturated rings. The minimum Gasteiger partial charge on any atom is -0.476 e. The molecule has 2 rings (SSSR count). The van der Waals surface area contributed by atoms with Crippen molar-refractivity contribution in [2.45, 2.75) is 12.5 Å². The van der Waals surface area contributed by atoms with Crippen LogP contribution in [-0.2, 0) is 4.79 Å². The summed E-state index contributed by atoms with van der Waals surface area (Å²) in [5.74, 6) is -1.08. The number of carbonyl (C=O) groups is 2. The van der Waals surface area contributed by atoms with E-state index in [2.05, 4.69) is 15.6 Å². The number of anilines is 1. The smallest absolute Gasteiger partial charge is 0.357 e. The Balaban J connectivity index is 2.07. The molecule has 80 valence electrons. The van der Waals surface area contributed by atoms with E-state index in [1.165, 1.54) is 16.8 Å². The lowest BCUT2D eigenvalue weighted by Crippen LogP contribution is -2.22. The first-order chi connectivity index (χ1) is 7.16. The molecular weight excluding hydrogens is 218 g/mol. The number of carbonyl (C=O) groups excluding carboxylic acids is 1. The monoisotopic (exact) mass is 227 g/mol. The van der Waals surface area contributed by atoms with Crippen LogP contribution in [-0.4, -0.2) is 34.6 Å². The van der Waals surface area contributed by atoms with E-state index < -0.39 is 5.97 Å². The largest absolute Gasteiger partial charge is 0.476 e. The Kier molecular flexibility index (Phi) is 2.55. The Bertz CT molecular complexity index is 404. The summed E-state index contributed by atoms with van der Waals surface area (Å²) in [7, 11) is 0. The van der Waals surface area contributed by atoms with Gasteiger partial charge in [0.1, 0.15) is 5.00 Å². The van der Waals surface area contributed by atoms with Gasteiger partial charge in [-0.15, -0.1) is 11.3 Å². The summed E-state index contributed by atoms with van der Waals surface area (Å²) in [6.07, 6.45) is 0.372. The average Bonchev–Trinajstić information content (AvgIpc) is 2.75. The number of nitrogens with zero attached hydrogens (tertiary/aromatic N) is 1. The number of carboxylic acids is 1. The Hall–Kier alpha value is -1.63. The quantitative estimate of drug-likeness (QED) is 0.683.